The number of carbonyl (C=O) groups is 2. The molecule has 3 aromatic rings. The number of carbonyl (C=O) groups excluding carboxylic acids is 2. The molecule has 228 valence electrons. The minimum atomic E-state index is -4.84. The molecule has 43 heavy (non-hydrogen) atoms. The van der Waals surface area contributed by atoms with Crippen molar-refractivity contribution < 1.29 is 41.4 Å². The van der Waals surface area contributed by atoms with Crippen molar-refractivity contribution >= 4 is 35.4 Å². The number of hydrogen-bond acceptors (Lipinski definition) is 8. The molecule has 1 amide bonds. The first-order chi connectivity index (χ1) is 20.3. The van der Waals surface area contributed by atoms with E-state index in [1.165, 1.54) is 46.7 Å². The molecule has 9 nitrogen and oxygen atoms in total. The minimum Gasteiger partial charge on any atom is -0.448 e. The molecule has 0 fully saturated rings. The van der Waals surface area contributed by atoms with Crippen molar-refractivity contribution in [1.82, 2.24) is 9.58 Å². The van der Waals surface area contributed by atoms with Gasteiger partial charge in [-0.1, -0.05) is 35.9 Å². The normalized spacial score (nSPS) is 17.7. The number of nitrogens with zero attached hydrogens (tertiary/aromatic N) is 3. The molecule has 3 heterocycles. The van der Waals surface area contributed by atoms with E-state index in [2.05, 4.69) is 4.74 Å². The number of methoxy groups -OCH3 is 1. The fourth-order valence-electron chi connectivity index (χ4n) is 5.02. The van der Waals surface area contributed by atoms with Gasteiger partial charge in [0.15, 0.2) is 5.69 Å². The number of alkyl halides is 3. The van der Waals surface area contributed by atoms with Crippen LogP contribution in [0, 0.1) is 5.82 Å². The number of hydrogen-bond donors (Lipinski definition) is 0. The summed E-state index contributed by atoms with van der Waals surface area (Å²) in [5.41, 5.74) is -0.125. The lowest BCUT2D eigenvalue weighted by Crippen LogP contribution is -2.60. The van der Waals surface area contributed by atoms with Crippen LogP contribution < -0.4 is 15.2 Å². The summed E-state index contributed by atoms with van der Waals surface area (Å²) in [6, 6.07) is 7.24. The predicted octanol–water partition coefficient (Wildman–Crippen LogP) is 5.85. The number of thioether (sulfide) groups is 1. The zero-order valence-corrected chi connectivity index (χ0v) is 24.4. The number of rotatable bonds is 5. The molecular formula is C28H24ClF4N3O6S. The standard InChI is InChI=1S/C28H24ClF4N3O6S/c1-14(28(31,32)33)34-13-36(35-11-10-21(37)24(23(35)26(34)38)41-15(2)42-27(39)40-3)22-16-6-5-9-20(30)18(16)12-43-25-17(22)7-4-8-19(25)29/h4-11,14-15,22H,12-13H2,1-3H3/t14-,15?,22+/m1/s1. The maximum atomic E-state index is 15.2. The Morgan fingerprint density at radius 1 is 1.09 bits per heavy atom. The molecule has 15 heteroatoms. The van der Waals surface area contributed by atoms with Gasteiger partial charge in [0.05, 0.1) is 18.2 Å². The first-order valence-electron chi connectivity index (χ1n) is 12.8. The van der Waals surface area contributed by atoms with Crippen LogP contribution in [0.3, 0.4) is 0 Å². The van der Waals surface area contributed by atoms with E-state index >= 15 is 4.39 Å². The number of halogens is 5. The Hall–Kier alpha value is -3.91. The number of amides is 1. The molecule has 3 atom stereocenters. The summed E-state index contributed by atoms with van der Waals surface area (Å²) < 4.78 is 73.7. The maximum Gasteiger partial charge on any atom is 0.511 e. The third kappa shape index (κ3) is 5.60. The van der Waals surface area contributed by atoms with E-state index in [9.17, 15) is 27.6 Å². The molecule has 5 rings (SSSR count). The number of fused-ring (bicyclic) bond motifs is 3. The van der Waals surface area contributed by atoms with Gasteiger partial charge in [0.25, 0.3) is 5.91 Å². The average molecular weight is 642 g/mol. The van der Waals surface area contributed by atoms with Crippen LogP contribution in [0.5, 0.6) is 5.75 Å². The minimum absolute atomic E-state index is 0.179. The summed E-state index contributed by atoms with van der Waals surface area (Å²) in [4.78, 5) is 39.6. The number of benzene rings is 2. The van der Waals surface area contributed by atoms with Crippen LogP contribution >= 0.6 is 23.4 Å². The molecular weight excluding hydrogens is 618 g/mol. The van der Waals surface area contributed by atoms with Gasteiger partial charge in [-0.3, -0.25) is 19.3 Å². The molecule has 0 bridgehead atoms. The highest BCUT2D eigenvalue weighted by Crippen LogP contribution is 2.46. The van der Waals surface area contributed by atoms with Gasteiger partial charge in [0, 0.05) is 35.4 Å². The Labute approximate surface area is 251 Å². The molecule has 0 N–H and O–H groups in total. The number of aromatic nitrogens is 1. The maximum absolute atomic E-state index is 15.2. The second-order valence-corrected chi connectivity index (χ2v) is 11.1. The van der Waals surface area contributed by atoms with Crippen molar-refractivity contribution in [3.05, 3.63) is 92.1 Å². The molecule has 0 saturated carbocycles. The van der Waals surface area contributed by atoms with Gasteiger partial charge in [0.2, 0.25) is 17.5 Å². The van der Waals surface area contributed by atoms with Crippen molar-refractivity contribution in [2.45, 2.75) is 49.0 Å². The van der Waals surface area contributed by atoms with E-state index in [0.717, 1.165) is 20.1 Å². The summed E-state index contributed by atoms with van der Waals surface area (Å²) in [5.74, 6) is -2.15. The van der Waals surface area contributed by atoms with Gasteiger partial charge in [-0.15, -0.1) is 11.8 Å². The highest BCUT2D eigenvalue weighted by molar-refractivity contribution is 7.98. The third-order valence-electron chi connectivity index (χ3n) is 7.13. The topological polar surface area (TPSA) is 90.3 Å². The molecule has 2 aliphatic heterocycles. The summed E-state index contributed by atoms with van der Waals surface area (Å²) >= 11 is 7.83. The third-order valence-corrected chi connectivity index (χ3v) is 8.73. The Bertz CT molecular complexity index is 1600. The van der Waals surface area contributed by atoms with Crippen LogP contribution in [0.2, 0.25) is 5.02 Å². The fraction of sp³-hybridized carbons (Fsp3) is 0.321. The van der Waals surface area contributed by atoms with E-state index < -0.39 is 66.0 Å². The number of pyridine rings is 1. The van der Waals surface area contributed by atoms with Gasteiger partial charge in [-0.05, 0) is 30.2 Å². The Morgan fingerprint density at radius 2 is 1.79 bits per heavy atom. The molecule has 0 spiro atoms. The van der Waals surface area contributed by atoms with Crippen LogP contribution in [-0.2, 0) is 15.2 Å². The van der Waals surface area contributed by atoms with E-state index in [1.807, 2.05) is 0 Å². The van der Waals surface area contributed by atoms with E-state index in [1.54, 1.807) is 24.3 Å². The fourth-order valence-corrected chi connectivity index (χ4v) is 6.51. The molecule has 1 aromatic heterocycles. The van der Waals surface area contributed by atoms with E-state index in [-0.39, 0.29) is 5.75 Å². The molecule has 1 unspecified atom stereocenters. The van der Waals surface area contributed by atoms with E-state index in [0.29, 0.717) is 31.5 Å². The smallest absolute Gasteiger partial charge is 0.448 e. The lowest BCUT2D eigenvalue weighted by molar-refractivity contribution is -0.173. The molecule has 0 radical (unpaired) electrons. The Balaban J connectivity index is 1.77. The van der Waals surface area contributed by atoms with Crippen molar-refractivity contribution in [2.75, 3.05) is 18.8 Å². The predicted molar refractivity (Wildman–Crippen MR) is 148 cm³/mol. The SMILES string of the molecule is COC(=O)OC(C)Oc1c2n(ccc1=O)N([C@H]1c3cccc(F)c3CSc3c(Cl)cccc31)CN([C@H](C)C(F)(F)F)C2=O. The lowest BCUT2D eigenvalue weighted by atomic mass is 9.94. The van der Waals surface area contributed by atoms with Crippen LogP contribution in [0.1, 0.15) is 47.1 Å². The Kier molecular flexibility index (Phi) is 8.27. The Morgan fingerprint density at radius 3 is 2.49 bits per heavy atom. The van der Waals surface area contributed by atoms with Crippen LogP contribution in [0.15, 0.2) is 58.4 Å². The zero-order valence-electron chi connectivity index (χ0n) is 22.9. The summed E-state index contributed by atoms with van der Waals surface area (Å²) in [5, 5.41) is 1.77. The quantitative estimate of drug-likeness (QED) is 0.195. The summed E-state index contributed by atoms with van der Waals surface area (Å²) in [6.45, 7) is 1.44. The largest absolute Gasteiger partial charge is 0.511 e. The number of ether oxygens (including phenoxy) is 3. The molecule has 0 aliphatic carbocycles. The lowest BCUT2D eigenvalue weighted by Gasteiger charge is -2.46. The van der Waals surface area contributed by atoms with Crippen LogP contribution in [0.4, 0.5) is 22.4 Å². The first kappa shape index (κ1) is 30.5. The molecule has 2 aliphatic rings. The second kappa shape index (κ2) is 11.6. The van der Waals surface area contributed by atoms with Gasteiger partial charge in [-0.25, -0.2) is 9.18 Å². The van der Waals surface area contributed by atoms with Gasteiger partial charge in [-0.2, -0.15) is 13.2 Å². The van der Waals surface area contributed by atoms with Gasteiger partial charge < -0.3 is 19.1 Å². The monoisotopic (exact) mass is 641 g/mol. The van der Waals surface area contributed by atoms with E-state index in [4.69, 9.17) is 21.1 Å². The highest BCUT2D eigenvalue weighted by atomic mass is 35.5. The average Bonchev–Trinajstić information content (AvgIpc) is 3.12. The van der Waals surface area contributed by atoms with Crippen molar-refractivity contribution in [3.8, 4) is 5.75 Å². The second-order valence-electron chi connectivity index (χ2n) is 9.69. The summed E-state index contributed by atoms with van der Waals surface area (Å²) in [6.07, 6.45) is -6.23. The summed E-state index contributed by atoms with van der Waals surface area (Å²) in [7, 11) is 1.04. The highest BCUT2D eigenvalue weighted by Gasteiger charge is 2.48. The first-order valence-corrected chi connectivity index (χ1v) is 14.2. The van der Waals surface area contributed by atoms with Crippen molar-refractivity contribution in [2.24, 2.45) is 0 Å². The van der Waals surface area contributed by atoms with Gasteiger partial charge in [0.1, 0.15) is 18.5 Å². The van der Waals surface area contributed by atoms with Crippen molar-refractivity contribution in [1.29, 1.82) is 0 Å². The van der Waals surface area contributed by atoms with Crippen molar-refractivity contribution in [3.63, 3.8) is 0 Å². The van der Waals surface area contributed by atoms with Crippen LogP contribution in [-0.4, -0.2) is 53.9 Å². The van der Waals surface area contributed by atoms with Gasteiger partial charge >= 0.3 is 12.3 Å². The zero-order chi connectivity index (χ0) is 31.2. The molecule has 2 aromatic carbocycles. The molecule has 0 saturated heterocycles. The van der Waals surface area contributed by atoms with Crippen LogP contribution in [0.25, 0.3) is 0 Å².